The molecule has 0 unspecified atom stereocenters. The molecule has 0 radical (unpaired) electrons. The first kappa shape index (κ1) is 24.7. The third-order valence-electron chi connectivity index (χ3n) is 5.94. The van der Waals surface area contributed by atoms with Crippen LogP contribution in [0.4, 0.5) is 0 Å². The molecule has 1 heterocycles. The van der Waals surface area contributed by atoms with Crippen molar-refractivity contribution in [1.82, 2.24) is 19.7 Å². The molecule has 0 bridgehead atoms. The Morgan fingerprint density at radius 1 is 0.857 bits per heavy atom. The van der Waals surface area contributed by atoms with E-state index in [-0.39, 0.29) is 5.91 Å². The van der Waals surface area contributed by atoms with Crippen LogP contribution in [-0.2, 0) is 17.8 Å². The number of benzene rings is 3. The number of carbonyl (C=O) groups excluding carboxylic acids is 1. The Morgan fingerprint density at radius 3 is 2.20 bits per heavy atom. The van der Waals surface area contributed by atoms with Crippen molar-refractivity contribution in [2.75, 3.05) is 12.3 Å². The topological polar surface area (TPSA) is 51.0 Å². The molecule has 0 aliphatic rings. The zero-order chi connectivity index (χ0) is 24.5. The first-order valence-corrected chi connectivity index (χ1v) is 13.1. The summed E-state index contributed by atoms with van der Waals surface area (Å²) in [5, 5.41) is 9.50. The smallest absolute Gasteiger partial charge is 0.222 e. The van der Waals surface area contributed by atoms with Crippen LogP contribution in [0.1, 0.15) is 35.4 Å². The number of hydrogen-bond donors (Lipinski definition) is 0. The summed E-state index contributed by atoms with van der Waals surface area (Å²) in [6.45, 7) is 5.40. The van der Waals surface area contributed by atoms with Gasteiger partial charge in [0, 0.05) is 31.0 Å². The molecule has 0 aliphatic carbocycles. The van der Waals surface area contributed by atoms with Gasteiger partial charge in [-0.05, 0) is 49.9 Å². The maximum absolute atomic E-state index is 13.2. The number of aromatic nitrogens is 3. The largest absolute Gasteiger partial charge is 0.338 e. The van der Waals surface area contributed by atoms with Crippen LogP contribution in [0.5, 0.6) is 0 Å². The van der Waals surface area contributed by atoms with E-state index >= 15 is 0 Å². The first-order valence-electron chi connectivity index (χ1n) is 12.1. The average molecular weight is 485 g/mol. The van der Waals surface area contributed by atoms with Crippen molar-refractivity contribution in [3.05, 3.63) is 107 Å². The summed E-state index contributed by atoms with van der Waals surface area (Å²) < 4.78 is 2.08. The Kier molecular flexibility index (Phi) is 8.74. The van der Waals surface area contributed by atoms with E-state index in [4.69, 9.17) is 0 Å². The zero-order valence-electron chi connectivity index (χ0n) is 20.4. The van der Waals surface area contributed by atoms with Gasteiger partial charge in [0.1, 0.15) is 5.82 Å². The number of rotatable bonds is 11. The highest BCUT2D eigenvalue weighted by atomic mass is 32.2. The molecular weight excluding hydrogens is 452 g/mol. The number of thioether (sulfide) groups is 1. The van der Waals surface area contributed by atoms with E-state index in [2.05, 4.69) is 70.2 Å². The van der Waals surface area contributed by atoms with Crippen molar-refractivity contribution < 1.29 is 4.79 Å². The number of amides is 1. The second-order valence-corrected chi connectivity index (χ2v) is 9.75. The Labute approximate surface area is 212 Å². The molecular formula is C29H32N4OS. The van der Waals surface area contributed by atoms with Gasteiger partial charge in [0.05, 0.1) is 0 Å². The van der Waals surface area contributed by atoms with Gasteiger partial charge < -0.3 is 4.90 Å². The highest BCUT2D eigenvalue weighted by Crippen LogP contribution is 2.23. The third-order valence-corrected chi connectivity index (χ3v) is 6.95. The van der Waals surface area contributed by atoms with Gasteiger partial charge in [-0.3, -0.25) is 9.36 Å². The van der Waals surface area contributed by atoms with Crippen molar-refractivity contribution >= 4 is 17.7 Å². The summed E-state index contributed by atoms with van der Waals surface area (Å²) in [4.78, 5) is 15.2. The van der Waals surface area contributed by atoms with E-state index in [9.17, 15) is 4.79 Å². The molecule has 0 aliphatic heterocycles. The summed E-state index contributed by atoms with van der Waals surface area (Å²) in [6, 6.07) is 29.0. The second kappa shape index (κ2) is 12.4. The lowest BCUT2D eigenvalue weighted by Gasteiger charge is -2.23. The Bertz CT molecular complexity index is 1210. The lowest BCUT2D eigenvalue weighted by Crippen LogP contribution is -2.32. The van der Waals surface area contributed by atoms with Gasteiger partial charge in [0.15, 0.2) is 5.16 Å². The predicted molar refractivity (Wildman–Crippen MR) is 143 cm³/mol. The minimum atomic E-state index is 0.196. The van der Waals surface area contributed by atoms with Gasteiger partial charge in [-0.15, -0.1) is 10.2 Å². The molecule has 4 aromatic rings. The van der Waals surface area contributed by atoms with Crippen molar-refractivity contribution in [3.63, 3.8) is 0 Å². The quantitative estimate of drug-likeness (QED) is 0.193. The predicted octanol–water partition coefficient (Wildman–Crippen LogP) is 6.03. The van der Waals surface area contributed by atoms with Crippen LogP contribution in [0.25, 0.3) is 5.69 Å². The van der Waals surface area contributed by atoms with Gasteiger partial charge in [0.2, 0.25) is 5.91 Å². The Morgan fingerprint density at radius 2 is 1.51 bits per heavy atom. The van der Waals surface area contributed by atoms with Crippen LogP contribution < -0.4 is 0 Å². The molecule has 0 saturated heterocycles. The maximum Gasteiger partial charge on any atom is 0.222 e. The summed E-state index contributed by atoms with van der Waals surface area (Å²) >= 11 is 1.65. The van der Waals surface area contributed by atoms with Crippen molar-refractivity contribution in [2.45, 2.75) is 44.8 Å². The van der Waals surface area contributed by atoms with E-state index in [0.29, 0.717) is 19.5 Å². The fraction of sp³-hybridized carbons (Fsp3) is 0.276. The van der Waals surface area contributed by atoms with E-state index in [0.717, 1.165) is 40.8 Å². The zero-order valence-corrected chi connectivity index (χ0v) is 21.2. The van der Waals surface area contributed by atoms with Gasteiger partial charge in [-0.2, -0.15) is 0 Å². The minimum absolute atomic E-state index is 0.196. The van der Waals surface area contributed by atoms with E-state index < -0.39 is 0 Å². The average Bonchev–Trinajstić information content (AvgIpc) is 3.26. The highest BCUT2D eigenvalue weighted by Gasteiger charge is 2.15. The molecule has 0 spiro atoms. The van der Waals surface area contributed by atoms with Crippen LogP contribution in [0.3, 0.4) is 0 Å². The highest BCUT2D eigenvalue weighted by molar-refractivity contribution is 7.99. The standard InChI is InChI=1S/C29H32N4OS/c1-23-15-17-27(18-16-23)33-24(2)30-31-29(33)35-21-9-14-28(34)32(22-26-12-7-4-8-13-26)20-19-25-10-5-3-6-11-25/h3-8,10-13,15-18H,9,14,19-22H2,1-2H3. The van der Waals surface area contributed by atoms with Gasteiger partial charge in [0.25, 0.3) is 0 Å². The molecule has 3 aromatic carbocycles. The fourth-order valence-corrected chi connectivity index (χ4v) is 4.91. The SMILES string of the molecule is Cc1ccc(-n2c(C)nnc2SCCCC(=O)N(CCc2ccccc2)Cc2ccccc2)cc1. The van der Waals surface area contributed by atoms with E-state index in [1.165, 1.54) is 11.1 Å². The fourth-order valence-electron chi connectivity index (χ4n) is 3.98. The summed E-state index contributed by atoms with van der Waals surface area (Å²) in [5.41, 5.74) is 4.69. The number of nitrogens with zero attached hydrogens (tertiary/aromatic N) is 4. The van der Waals surface area contributed by atoms with Crippen LogP contribution in [0.2, 0.25) is 0 Å². The molecule has 4 rings (SSSR count). The van der Waals surface area contributed by atoms with Gasteiger partial charge in [-0.1, -0.05) is 90.1 Å². The second-order valence-electron chi connectivity index (χ2n) is 8.69. The van der Waals surface area contributed by atoms with Gasteiger partial charge >= 0.3 is 0 Å². The molecule has 0 N–H and O–H groups in total. The van der Waals surface area contributed by atoms with E-state index in [1.54, 1.807) is 11.8 Å². The monoisotopic (exact) mass is 484 g/mol. The van der Waals surface area contributed by atoms with Crippen molar-refractivity contribution in [2.24, 2.45) is 0 Å². The summed E-state index contributed by atoms with van der Waals surface area (Å²) in [7, 11) is 0. The van der Waals surface area contributed by atoms with Gasteiger partial charge in [-0.25, -0.2) is 0 Å². The van der Waals surface area contributed by atoms with E-state index in [1.807, 2.05) is 48.2 Å². The Balaban J connectivity index is 1.34. The van der Waals surface area contributed by atoms with Crippen LogP contribution >= 0.6 is 11.8 Å². The lowest BCUT2D eigenvalue weighted by atomic mass is 10.1. The number of carbonyl (C=O) groups is 1. The number of hydrogen-bond acceptors (Lipinski definition) is 4. The molecule has 180 valence electrons. The van der Waals surface area contributed by atoms with Crippen LogP contribution in [-0.4, -0.2) is 37.9 Å². The minimum Gasteiger partial charge on any atom is -0.338 e. The van der Waals surface area contributed by atoms with Crippen molar-refractivity contribution in [1.29, 1.82) is 0 Å². The number of aryl methyl sites for hydroxylation is 2. The molecule has 35 heavy (non-hydrogen) atoms. The van der Waals surface area contributed by atoms with Crippen LogP contribution in [0, 0.1) is 13.8 Å². The first-order chi connectivity index (χ1) is 17.1. The van der Waals surface area contributed by atoms with Crippen molar-refractivity contribution in [3.8, 4) is 5.69 Å². The maximum atomic E-state index is 13.2. The molecule has 5 nitrogen and oxygen atoms in total. The lowest BCUT2D eigenvalue weighted by molar-refractivity contribution is -0.131. The molecule has 1 aromatic heterocycles. The Hall–Kier alpha value is -3.38. The summed E-state index contributed by atoms with van der Waals surface area (Å²) in [6.07, 6.45) is 2.17. The summed E-state index contributed by atoms with van der Waals surface area (Å²) in [5.74, 6) is 1.87. The molecule has 0 saturated carbocycles. The molecule has 0 atom stereocenters. The van der Waals surface area contributed by atoms with Crippen LogP contribution in [0.15, 0.2) is 90.1 Å². The molecule has 6 heteroatoms. The third kappa shape index (κ3) is 7.06. The molecule has 0 fully saturated rings. The normalized spacial score (nSPS) is 10.9. The molecule has 1 amide bonds.